The molecular weight excluding hydrogens is 380 g/mol. The number of nitro benzene ring substituents is 1. The van der Waals surface area contributed by atoms with Crippen molar-refractivity contribution in [2.75, 3.05) is 10.1 Å². The van der Waals surface area contributed by atoms with Gasteiger partial charge < -0.3 is 0 Å². The van der Waals surface area contributed by atoms with E-state index in [-0.39, 0.29) is 16.3 Å². The van der Waals surface area contributed by atoms with Crippen molar-refractivity contribution >= 4 is 32.8 Å². The van der Waals surface area contributed by atoms with Gasteiger partial charge in [-0.25, -0.2) is 8.42 Å². The van der Waals surface area contributed by atoms with Crippen LogP contribution in [0.4, 0.5) is 17.1 Å². The normalized spacial score (nSPS) is 21.8. The van der Waals surface area contributed by atoms with Crippen molar-refractivity contribution in [2.24, 2.45) is 16.9 Å². The van der Waals surface area contributed by atoms with Crippen molar-refractivity contribution in [3.05, 3.63) is 70.8 Å². The highest BCUT2D eigenvalue weighted by atomic mass is 32.2. The minimum absolute atomic E-state index is 0.158. The fourth-order valence-corrected chi connectivity index (χ4v) is 4.52. The Hall–Kier alpha value is -3.20. The minimum Gasteiger partial charge on any atom is -0.280 e. The van der Waals surface area contributed by atoms with Crippen LogP contribution in [0, 0.1) is 22.0 Å². The first-order valence-corrected chi connectivity index (χ1v) is 10.3. The predicted molar refractivity (Wildman–Crippen MR) is 107 cm³/mol. The van der Waals surface area contributed by atoms with Gasteiger partial charge in [0, 0.05) is 23.4 Å². The summed E-state index contributed by atoms with van der Waals surface area (Å²) in [4.78, 5) is 10.7. The van der Waals surface area contributed by atoms with Crippen LogP contribution >= 0.6 is 0 Å². The Morgan fingerprint density at radius 2 is 1.93 bits per heavy atom. The second-order valence-corrected chi connectivity index (χ2v) is 8.44. The van der Waals surface area contributed by atoms with E-state index in [0.29, 0.717) is 17.5 Å². The summed E-state index contributed by atoms with van der Waals surface area (Å²) in [6, 6.07) is 12.1. The van der Waals surface area contributed by atoms with Crippen LogP contribution in [0.5, 0.6) is 0 Å². The number of sulfonamides is 1. The lowest BCUT2D eigenvalue weighted by atomic mass is 9.74. The maximum absolute atomic E-state index is 12.5. The van der Waals surface area contributed by atoms with E-state index in [1.54, 1.807) is 30.3 Å². The quantitative estimate of drug-likeness (QED) is 0.437. The highest BCUT2D eigenvalue weighted by Gasteiger charge is 2.38. The van der Waals surface area contributed by atoms with Crippen molar-refractivity contribution in [1.82, 2.24) is 0 Å². The van der Waals surface area contributed by atoms with Crippen LogP contribution in [0.3, 0.4) is 0 Å². The van der Waals surface area contributed by atoms with Crippen molar-refractivity contribution in [3.8, 4) is 0 Å². The van der Waals surface area contributed by atoms with E-state index in [0.717, 1.165) is 24.6 Å². The standard InChI is InChI=1S/C19H18N4O4S/c24-23(25)19-12-15(28(26,27)22-14-6-2-1-3-7-14)9-10-17(19)20-21-18-11-13-5-4-8-16(13)18/h1-7,9-10,12-13,16,20,22H,8,11H2/b21-18-/t13-,16-/m0/s1. The Kier molecular flexibility index (Phi) is 4.60. The maximum Gasteiger partial charge on any atom is 0.295 e. The molecule has 0 heterocycles. The molecule has 0 aromatic heterocycles. The zero-order chi connectivity index (χ0) is 19.7. The van der Waals surface area contributed by atoms with Crippen molar-refractivity contribution in [3.63, 3.8) is 0 Å². The molecule has 0 bridgehead atoms. The van der Waals surface area contributed by atoms with Gasteiger partial charge in [-0.2, -0.15) is 5.10 Å². The number of nitro groups is 1. The number of allylic oxidation sites excluding steroid dienone is 2. The monoisotopic (exact) mass is 398 g/mol. The lowest BCUT2D eigenvalue weighted by molar-refractivity contribution is -0.384. The van der Waals surface area contributed by atoms with Crippen molar-refractivity contribution in [2.45, 2.75) is 17.7 Å². The molecule has 1 fully saturated rings. The molecule has 144 valence electrons. The van der Waals surface area contributed by atoms with E-state index >= 15 is 0 Å². The maximum atomic E-state index is 12.5. The molecule has 8 nitrogen and oxygen atoms in total. The molecule has 28 heavy (non-hydrogen) atoms. The third-order valence-corrected chi connectivity index (χ3v) is 6.36. The minimum atomic E-state index is -3.95. The molecule has 0 radical (unpaired) electrons. The van der Waals surface area contributed by atoms with E-state index in [9.17, 15) is 18.5 Å². The molecule has 0 saturated heterocycles. The van der Waals surface area contributed by atoms with E-state index < -0.39 is 14.9 Å². The molecule has 4 rings (SSSR count). The van der Waals surface area contributed by atoms with Crippen molar-refractivity contribution in [1.29, 1.82) is 0 Å². The summed E-state index contributed by atoms with van der Waals surface area (Å²) >= 11 is 0. The molecule has 0 unspecified atom stereocenters. The smallest absolute Gasteiger partial charge is 0.280 e. The zero-order valence-corrected chi connectivity index (χ0v) is 15.6. The van der Waals surface area contributed by atoms with Gasteiger partial charge in [0.2, 0.25) is 0 Å². The molecule has 0 amide bonds. The van der Waals surface area contributed by atoms with E-state index in [4.69, 9.17) is 0 Å². The second-order valence-electron chi connectivity index (χ2n) is 6.76. The second kappa shape index (κ2) is 7.08. The first kappa shape index (κ1) is 18.2. The number of hydrogen-bond donors (Lipinski definition) is 2. The highest BCUT2D eigenvalue weighted by molar-refractivity contribution is 7.92. The molecule has 2 N–H and O–H groups in total. The zero-order valence-electron chi connectivity index (χ0n) is 14.8. The Balaban J connectivity index is 1.57. The highest BCUT2D eigenvalue weighted by Crippen LogP contribution is 2.40. The molecule has 2 aliphatic rings. The van der Waals surface area contributed by atoms with Crippen molar-refractivity contribution < 1.29 is 13.3 Å². The first-order chi connectivity index (χ1) is 13.4. The molecule has 2 aliphatic carbocycles. The number of nitrogens with one attached hydrogen (secondary N) is 2. The fraction of sp³-hybridized carbons (Fsp3) is 0.211. The lowest BCUT2D eigenvalue weighted by Gasteiger charge is -2.31. The van der Waals surface area contributed by atoms with Crippen LogP contribution in [0.1, 0.15) is 12.8 Å². The number of para-hydroxylation sites is 1. The summed E-state index contributed by atoms with van der Waals surface area (Å²) < 4.78 is 27.5. The Morgan fingerprint density at radius 3 is 2.64 bits per heavy atom. The average Bonchev–Trinajstić information content (AvgIpc) is 3.03. The Labute approximate surface area is 162 Å². The van der Waals surface area contributed by atoms with Crippen LogP contribution < -0.4 is 10.1 Å². The van der Waals surface area contributed by atoms with Gasteiger partial charge in [-0.3, -0.25) is 20.3 Å². The summed E-state index contributed by atoms with van der Waals surface area (Å²) in [6.45, 7) is 0. The number of nitrogens with zero attached hydrogens (tertiary/aromatic N) is 2. The molecule has 2 atom stereocenters. The number of anilines is 2. The molecule has 1 saturated carbocycles. The van der Waals surface area contributed by atoms with Crippen LogP contribution in [-0.2, 0) is 10.0 Å². The van der Waals surface area contributed by atoms with Gasteiger partial charge in [-0.1, -0.05) is 30.4 Å². The summed E-state index contributed by atoms with van der Waals surface area (Å²) in [5, 5.41) is 15.8. The van der Waals surface area contributed by atoms with Crippen LogP contribution in [0.25, 0.3) is 0 Å². The molecule has 9 heteroatoms. The number of benzene rings is 2. The third-order valence-electron chi connectivity index (χ3n) is 4.99. The van der Waals surface area contributed by atoms with Crippen LogP contribution in [0.2, 0.25) is 0 Å². The van der Waals surface area contributed by atoms with Gasteiger partial charge in [0.15, 0.2) is 0 Å². The van der Waals surface area contributed by atoms with Gasteiger partial charge in [-0.15, -0.1) is 0 Å². The largest absolute Gasteiger partial charge is 0.295 e. The van der Waals surface area contributed by atoms with Gasteiger partial charge in [0.1, 0.15) is 5.69 Å². The van der Waals surface area contributed by atoms with Gasteiger partial charge in [0.05, 0.1) is 9.82 Å². The molecule has 2 aromatic carbocycles. The van der Waals surface area contributed by atoms with Gasteiger partial charge in [0.25, 0.3) is 15.7 Å². The summed E-state index contributed by atoms with van der Waals surface area (Å²) in [5.41, 5.74) is 3.91. The molecule has 2 aromatic rings. The predicted octanol–water partition coefficient (Wildman–Crippen LogP) is 3.76. The molecule has 0 spiro atoms. The number of fused-ring (bicyclic) bond motifs is 1. The molecule has 0 aliphatic heterocycles. The topological polar surface area (TPSA) is 114 Å². The Bertz CT molecular complexity index is 1080. The lowest BCUT2D eigenvalue weighted by Crippen LogP contribution is -2.33. The van der Waals surface area contributed by atoms with Gasteiger partial charge in [-0.05, 0) is 43.0 Å². The number of hydrogen-bond acceptors (Lipinski definition) is 6. The summed E-state index contributed by atoms with van der Waals surface area (Å²) in [5.74, 6) is 0.897. The SMILES string of the molecule is O=[N+]([O-])c1cc(S(=O)(=O)Nc2ccccc2)ccc1N/N=C1/C[C@@H]2C=CC[C@H]12. The Morgan fingerprint density at radius 1 is 1.14 bits per heavy atom. The number of rotatable bonds is 6. The number of hydrazone groups is 1. The van der Waals surface area contributed by atoms with E-state index in [1.165, 1.54) is 12.1 Å². The van der Waals surface area contributed by atoms with Crippen LogP contribution in [0.15, 0.2) is 70.7 Å². The van der Waals surface area contributed by atoms with Crippen LogP contribution in [-0.4, -0.2) is 19.1 Å². The third kappa shape index (κ3) is 3.48. The summed E-state index contributed by atoms with van der Waals surface area (Å²) in [6.07, 6.45) is 6.08. The van der Waals surface area contributed by atoms with Gasteiger partial charge >= 0.3 is 0 Å². The summed E-state index contributed by atoms with van der Waals surface area (Å²) in [7, 11) is -3.95. The van der Waals surface area contributed by atoms with E-state index in [1.807, 2.05) is 0 Å². The average molecular weight is 398 g/mol. The first-order valence-electron chi connectivity index (χ1n) is 8.79. The fourth-order valence-electron chi connectivity index (χ4n) is 3.44. The molecular formula is C19H18N4O4S. The van der Waals surface area contributed by atoms with E-state index in [2.05, 4.69) is 27.4 Å².